The van der Waals surface area contributed by atoms with E-state index >= 15 is 0 Å². The van der Waals surface area contributed by atoms with Gasteiger partial charge in [0.15, 0.2) is 0 Å². The van der Waals surface area contributed by atoms with Gasteiger partial charge in [0.25, 0.3) is 0 Å². The number of carbonyl (C=O) groups is 1. The number of rotatable bonds is 2. The Hall–Kier alpha value is -0.770. The lowest BCUT2D eigenvalue weighted by atomic mass is 10.4. The Morgan fingerprint density at radius 1 is 1.45 bits per heavy atom. The standard InChI is InChI=1S/C7H16N2O2/c1-6(10)5-9(4)7(11)8(2)3/h6,10H,5H2,1-4H3. The number of amides is 2. The SMILES string of the molecule is CC(O)CN(C)C(=O)N(C)C. The van der Waals surface area contributed by atoms with Gasteiger partial charge in [-0.3, -0.25) is 0 Å². The van der Waals surface area contributed by atoms with E-state index in [1.807, 2.05) is 0 Å². The largest absolute Gasteiger partial charge is 0.392 e. The van der Waals surface area contributed by atoms with Crippen LogP contribution >= 0.6 is 0 Å². The van der Waals surface area contributed by atoms with Crippen molar-refractivity contribution < 1.29 is 9.90 Å². The monoisotopic (exact) mass is 160 g/mol. The quantitative estimate of drug-likeness (QED) is 0.617. The molecule has 66 valence electrons. The van der Waals surface area contributed by atoms with Crippen LogP contribution in [0.25, 0.3) is 0 Å². The second-order valence-corrected chi connectivity index (χ2v) is 2.91. The zero-order valence-corrected chi connectivity index (χ0v) is 7.53. The fraction of sp³-hybridized carbons (Fsp3) is 0.857. The topological polar surface area (TPSA) is 43.8 Å². The average Bonchev–Trinajstić information content (AvgIpc) is 1.84. The summed E-state index contributed by atoms with van der Waals surface area (Å²) in [5.74, 6) is 0. The van der Waals surface area contributed by atoms with E-state index in [1.54, 1.807) is 28.1 Å². The number of carbonyl (C=O) groups excluding carboxylic acids is 1. The highest BCUT2D eigenvalue weighted by Crippen LogP contribution is 1.92. The highest BCUT2D eigenvalue weighted by Gasteiger charge is 2.11. The molecule has 1 atom stereocenters. The van der Waals surface area contributed by atoms with Gasteiger partial charge in [0.2, 0.25) is 0 Å². The molecule has 1 unspecified atom stereocenters. The summed E-state index contributed by atoms with van der Waals surface area (Å²) in [5, 5.41) is 8.94. The van der Waals surface area contributed by atoms with Crippen LogP contribution in [0.3, 0.4) is 0 Å². The maximum Gasteiger partial charge on any atom is 0.319 e. The molecule has 0 aromatic carbocycles. The normalized spacial score (nSPS) is 12.5. The van der Waals surface area contributed by atoms with Gasteiger partial charge >= 0.3 is 6.03 Å². The Kier molecular flexibility index (Phi) is 3.89. The second kappa shape index (κ2) is 4.18. The summed E-state index contributed by atoms with van der Waals surface area (Å²) in [6.45, 7) is 2.02. The van der Waals surface area contributed by atoms with Gasteiger partial charge in [0.05, 0.1) is 6.10 Å². The molecule has 0 saturated carbocycles. The van der Waals surface area contributed by atoms with Crippen molar-refractivity contribution in [3.8, 4) is 0 Å². The zero-order valence-electron chi connectivity index (χ0n) is 7.53. The van der Waals surface area contributed by atoms with E-state index in [0.717, 1.165) is 0 Å². The van der Waals surface area contributed by atoms with Crippen LogP contribution < -0.4 is 0 Å². The molecule has 0 aliphatic rings. The molecule has 0 saturated heterocycles. The van der Waals surface area contributed by atoms with Crippen molar-refractivity contribution in [3.63, 3.8) is 0 Å². The van der Waals surface area contributed by atoms with E-state index < -0.39 is 6.10 Å². The van der Waals surface area contributed by atoms with Gasteiger partial charge in [0, 0.05) is 27.7 Å². The van der Waals surface area contributed by atoms with E-state index in [0.29, 0.717) is 6.54 Å². The molecule has 4 nitrogen and oxygen atoms in total. The van der Waals surface area contributed by atoms with Gasteiger partial charge in [-0.1, -0.05) is 0 Å². The Bertz CT molecular complexity index is 134. The molecule has 0 spiro atoms. The maximum atomic E-state index is 11.1. The Balaban J connectivity index is 3.83. The fourth-order valence-electron chi connectivity index (χ4n) is 0.816. The summed E-state index contributed by atoms with van der Waals surface area (Å²) in [6.07, 6.45) is -0.469. The average molecular weight is 160 g/mol. The van der Waals surface area contributed by atoms with Gasteiger partial charge in [-0.05, 0) is 6.92 Å². The first-order valence-corrected chi connectivity index (χ1v) is 3.55. The molecule has 0 aliphatic heterocycles. The molecule has 0 bridgehead atoms. The second-order valence-electron chi connectivity index (χ2n) is 2.91. The van der Waals surface area contributed by atoms with E-state index in [2.05, 4.69) is 0 Å². The molecule has 0 heterocycles. The zero-order chi connectivity index (χ0) is 9.02. The van der Waals surface area contributed by atoms with Crippen molar-refractivity contribution in [2.45, 2.75) is 13.0 Å². The molecular formula is C7H16N2O2. The first-order valence-electron chi connectivity index (χ1n) is 3.55. The van der Waals surface area contributed by atoms with Crippen LogP contribution in [0.1, 0.15) is 6.92 Å². The fourth-order valence-corrected chi connectivity index (χ4v) is 0.816. The molecule has 0 fully saturated rings. The summed E-state index contributed by atoms with van der Waals surface area (Å²) >= 11 is 0. The van der Waals surface area contributed by atoms with E-state index in [1.165, 1.54) is 9.80 Å². The van der Waals surface area contributed by atoms with Gasteiger partial charge in [-0.15, -0.1) is 0 Å². The van der Waals surface area contributed by atoms with Crippen LogP contribution in [-0.2, 0) is 0 Å². The smallest absolute Gasteiger partial charge is 0.319 e. The van der Waals surface area contributed by atoms with Crippen LogP contribution in [0.15, 0.2) is 0 Å². The molecule has 0 rings (SSSR count). The molecule has 2 amide bonds. The summed E-state index contributed by atoms with van der Waals surface area (Å²) in [4.78, 5) is 14.1. The molecule has 0 radical (unpaired) electrons. The Morgan fingerprint density at radius 3 is 2.18 bits per heavy atom. The van der Waals surface area contributed by atoms with Crippen LogP contribution in [0, 0.1) is 0 Å². The van der Waals surface area contributed by atoms with Crippen molar-refractivity contribution >= 4 is 6.03 Å². The summed E-state index contributed by atoms with van der Waals surface area (Å²) in [5.41, 5.74) is 0. The van der Waals surface area contributed by atoms with Gasteiger partial charge < -0.3 is 14.9 Å². The third-order valence-corrected chi connectivity index (χ3v) is 1.25. The number of urea groups is 1. The molecule has 0 aromatic rings. The predicted molar refractivity (Wildman–Crippen MR) is 43.4 cm³/mol. The van der Waals surface area contributed by atoms with Crippen molar-refractivity contribution in [2.24, 2.45) is 0 Å². The van der Waals surface area contributed by atoms with Crippen LogP contribution in [0.5, 0.6) is 0 Å². The van der Waals surface area contributed by atoms with E-state index in [-0.39, 0.29) is 6.03 Å². The lowest BCUT2D eigenvalue weighted by Crippen LogP contribution is -2.39. The molecule has 11 heavy (non-hydrogen) atoms. The third-order valence-electron chi connectivity index (χ3n) is 1.25. The molecule has 1 N–H and O–H groups in total. The minimum Gasteiger partial charge on any atom is -0.392 e. The molecule has 0 aromatic heterocycles. The van der Waals surface area contributed by atoms with Crippen molar-refractivity contribution in [1.29, 1.82) is 0 Å². The maximum absolute atomic E-state index is 11.1. The Morgan fingerprint density at radius 2 is 1.91 bits per heavy atom. The van der Waals surface area contributed by atoms with Crippen molar-refractivity contribution in [3.05, 3.63) is 0 Å². The first kappa shape index (κ1) is 10.2. The number of aliphatic hydroxyl groups is 1. The number of hydrogen-bond donors (Lipinski definition) is 1. The number of nitrogens with zero attached hydrogens (tertiary/aromatic N) is 2. The van der Waals surface area contributed by atoms with Crippen LogP contribution in [0.4, 0.5) is 4.79 Å². The van der Waals surface area contributed by atoms with Gasteiger partial charge in [-0.25, -0.2) is 4.79 Å². The van der Waals surface area contributed by atoms with Crippen LogP contribution in [0.2, 0.25) is 0 Å². The molecular weight excluding hydrogens is 144 g/mol. The highest BCUT2D eigenvalue weighted by atomic mass is 16.3. The number of likely N-dealkylation sites (N-methyl/N-ethyl adjacent to an activating group) is 1. The third kappa shape index (κ3) is 3.83. The number of aliphatic hydroxyl groups excluding tert-OH is 1. The molecule has 4 heteroatoms. The molecule has 0 aliphatic carbocycles. The summed E-state index contributed by atoms with van der Waals surface area (Å²) in [7, 11) is 5.02. The summed E-state index contributed by atoms with van der Waals surface area (Å²) < 4.78 is 0. The minimum absolute atomic E-state index is 0.0918. The minimum atomic E-state index is -0.469. The Labute approximate surface area is 67.4 Å². The highest BCUT2D eigenvalue weighted by molar-refractivity contribution is 5.73. The van der Waals surface area contributed by atoms with Crippen molar-refractivity contribution in [1.82, 2.24) is 9.80 Å². The van der Waals surface area contributed by atoms with E-state index in [4.69, 9.17) is 5.11 Å². The lowest BCUT2D eigenvalue weighted by molar-refractivity contribution is 0.132. The predicted octanol–water partition coefficient (Wildman–Crippen LogP) is -0.0194. The van der Waals surface area contributed by atoms with Gasteiger partial charge in [0.1, 0.15) is 0 Å². The van der Waals surface area contributed by atoms with Crippen molar-refractivity contribution in [2.75, 3.05) is 27.7 Å². The van der Waals surface area contributed by atoms with Crippen LogP contribution in [-0.4, -0.2) is 54.7 Å². The van der Waals surface area contributed by atoms with E-state index in [9.17, 15) is 4.79 Å². The lowest BCUT2D eigenvalue weighted by Gasteiger charge is -2.22. The van der Waals surface area contributed by atoms with Gasteiger partial charge in [-0.2, -0.15) is 0 Å². The summed E-state index contributed by atoms with van der Waals surface area (Å²) in [6, 6.07) is -0.0918. The number of hydrogen-bond acceptors (Lipinski definition) is 2. The first-order chi connectivity index (χ1) is 4.95.